The SMILES string of the molecule is CC/C(=C\c1ccc(O)c(F)c1)CC[C@@H](O)C1=C(C(C)C)C[C@H]2C(=O)N(c3ccccc3)C(=O)[C@H]2[C@H]1CO. The number of hydrogen-bond donors (Lipinski definition) is 3. The van der Waals surface area contributed by atoms with Gasteiger partial charge in [0, 0.05) is 5.92 Å². The van der Waals surface area contributed by atoms with Gasteiger partial charge >= 0.3 is 0 Å². The summed E-state index contributed by atoms with van der Waals surface area (Å²) >= 11 is 0. The van der Waals surface area contributed by atoms with E-state index in [-0.39, 0.29) is 24.3 Å². The van der Waals surface area contributed by atoms with Crippen LogP contribution in [-0.4, -0.2) is 39.8 Å². The highest BCUT2D eigenvalue weighted by Gasteiger charge is 2.55. The van der Waals surface area contributed by atoms with Crippen molar-refractivity contribution < 1.29 is 29.3 Å². The Balaban J connectivity index is 1.60. The van der Waals surface area contributed by atoms with Crippen molar-refractivity contribution in [2.24, 2.45) is 23.7 Å². The number of anilines is 1. The number of phenols is 1. The summed E-state index contributed by atoms with van der Waals surface area (Å²) in [5.41, 5.74) is 3.74. The Morgan fingerprint density at radius 3 is 2.45 bits per heavy atom. The van der Waals surface area contributed by atoms with Crippen LogP contribution in [0.4, 0.5) is 10.1 Å². The lowest BCUT2D eigenvalue weighted by atomic mass is 9.66. The number of fused-ring (bicyclic) bond motifs is 1. The normalized spacial score (nSPS) is 22.9. The first-order valence-electron chi connectivity index (χ1n) is 13.3. The van der Waals surface area contributed by atoms with Gasteiger partial charge in [0.25, 0.3) is 0 Å². The molecule has 2 aromatic rings. The smallest absolute Gasteiger partial charge is 0.238 e. The molecular formula is C31H36FNO5. The minimum Gasteiger partial charge on any atom is -0.505 e. The number of aliphatic hydroxyl groups is 2. The maximum Gasteiger partial charge on any atom is 0.238 e. The first kappa shape index (κ1) is 27.7. The van der Waals surface area contributed by atoms with Gasteiger partial charge in [-0.25, -0.2) is 4.39 Å². The Kier molecular flexibility index (Phi) is 8.48. The zero-order valence-electron chi connectivity index (χ0n) is 22.1. The van der Waals surface area contributed by atoms with Gasteiger partial charge in [-0.3, -0.25) is 14.5 Å². The van der Waals surface area contributed by atoms with Gasteiger partial charge in [-0.05, 0) is 67.0 Å². The van der Waals surface area contributed by atoms with Crippen LogP contribution < -0.4 is 4.90 Å². The van der Waals surface area contributed by atoms with Crippen molar-refractivity contribution in [2.45, 2.75) is 52.6 Å². The van der Waals surface area contributed by atoms with Crippen molar-refractivity contribution in [3.8, 4) is 5.75 Å². The summed E-state index contributed by atoms with van der Waals surface area (Å²) < 4.78 is 13.8. The van der Waals surface area contributed by atoms with Crippen molar-refractivity contribution in [1.29, 1.82) is 0 Å². The van der Waals surface area contributed by atoms with Crippen LogP contribution in [0.3, 0.4) is 0 Å². The summed E-state index contributed by atoms with van der Waals surface area (Å²) in [6, 6.07) is 13.0. The van der Waals surface area contributed by atoms with Crippen molar-refractivity contribution in [3.05, 3.63) is 76.6 Å². The number of benzene rings is 2. The molecule has 4 rings (SSSR count). The number of carbonyl (C=O) groups excluding carboxylic acids is 2. The first-order chi connectivity index (χ1) is 18.2. The fraction of sp³-hybridized carbons (Fsp3) is 0.419. The maximum absolute atomic E-state index is 13.8. The molecule has 0 spiro atoms. The Morgan fingerprint density at radius 1 is 1.13 bits per heavy atom. The number of hydrogen-bond acceptors (Lipinski definition) is 5. The van der Waals surface area contributed by atoms with Crippen molar-refractivity contribution >= 4 is 23.6 Å². The second kappa shape index (κ2) is 11.6. The molecule has 1 saturated heterocycles. The van der Waals surface area contributed by atoms with Crippen molar-refractivity contribution in [2.75, 3.05) is 11.5 Å². The van der Waals surface area contributed by atoms with Crippen LogP contribution in [-0.2, 0) is 9.59 Å². The summed E-state index contributed by atoms with van der Waals surface area (Å²) in [5, 5.41) is 31.4. The number of imide groups is 1. The Morgan fingerprint density at radius 2 is 1.84 bits per heavy atom. The van der Waals surface area contributed by atoms with Crippen LogP contribution in [0.1, 0.15) is 52.0 Å². The van der Waals surface area contributed by atoms with E-state index in [4.69, 9.17) is 0 Å². The number of aliphatic hydroxyl groups excluding tert-OH is 2. The topological polar surface area (TPSA) is 98.1 Å². The van der Waals surface area contributed by atoms with E-state index in [9.17, 15) is 29.3 Å². The number of para-hydroxylation sites is 1. The van der Waals surface area contributed by atoms with Crippen LogP contribution in [0.15, 0.2) is 65.3 Å². The molecule has 6 nitrogen and oxygen atoms in total. The summed E-state index contributed by atoms with van der Waals surface area (Å²) in [6.45, 7) is 5.65. The summed E-state index contributed by atoms with van der Waals surface area (Å²) in [7, 11) is 0. The molecule has 38 heavy (non-hydrogen) atoms. The molecule has 0 radical (unpaired) electrons. The van der Waals surface area contributed by atoms with Gasteiger partial charge in [-0.2, -0.15) is 0 Å². The van der Waals surface area contributed by atoms with E-state index in [0.29, 0.717) is 42.5 Å². The molecular weight excluding hydrogens is 485 g/mol. The van der Waals surface area contributed by atoms with E-state index < -0.39 is 35.4 Å². The molecule has 2 aromatic carbocycles. The minimum absolute atomic E-state index is 0.0319. The van der Waals surface area contributed by atoms with Gasteiger partial charge in [0.2, 0.25) is 11.8 Å². The van der Waals surface area contributed by atoms with Gasteiger partial charge < -0.3 is 15.3 Å². The highest BCUT2D eigenvalue weighted by molar-refractivity contribution is 6.22. The van der Waals surface area contributed by atoms with Crippen LogP contribution in [0.5, 0.6) is 5.75 Å². The summed E-state index contributed by atoms with van der Waals surface area (Å²) in [6.07, 6.45) is 2.92. The molecule has 4 atom stereocenters. The molecule has 7 heteroatoms. The third-order valence-corrected chi connectivity index (χ3v) is 7.92. The average Bonchev–Trinajstić information content (AvgIpc) is 3.16. The Hall–Kier alpha value is -3.29. The predicted molar refractivity (Wildman–Crippen MR) is 145 cm³/mol. The fourth-order valence-electron chi connectivity index (χ4n) is 5.95. The van der Waals surface area contributed by atoms with Crippen LogP contribution in [0.25, 0.3) is 6.08 Å². The second-order valence-corrected chi connectivity index (χ2v) is 10.5. The Labute approximate surface area is 223 Å². The zero-order chi connectivity index (χ0) is 27.6. The molecule has 1 aliphatic heterocycles. The van der Waals surface area contributed by atoms with Gasteiger partial charge in [-0.1, -0.05) is 62.3 Å². The van der Waals surface area contributed by atoms with E-state index in [0.717, 1.165) is 11.1 Å². The maximum atomic E-state index is 13.8. The number of halogens is 1. The molecule has 2 amide bonds. The first-order valence-corrected chi connectivity index (χ1v) is 13.3. The lowest BCUT2D eigenvalue weighted by Crippen LogP contribution is -2.39. The highest BCUT2D eigenvalue weighted by atomic mass is 19.1. The number of allylic oxidation sites excluding steroid dienone is 2. The molecule has 3 N–H and O–H groups in total. The van der Waals surface area contributed by atoms with E-state index in [2.05, 4.69) is 0 Å². The third-order valence-electron chi connectivity index (χ3n) is 7.92. The van der Waals surface area contributed by atoms with E-state index in [1.165, 1.54) is 17.0 Å². The lowest BCUT2D eigenvalue weighted by molar-refractivity contribution is -0.123. The molecule has 0 unspecified atom stereocenters. The van der Waals surface area contributed by atoms with Crippen molar-refractivity contribution in [1.82, 2.24) is 0 Å². The predicted octanol–water partition coefficient (Wildman–Crippen LogP) is 5.24. The van der Waals surface area contributed by atoms with Gasteiger partial charge in [0.05, 0.1) is 30.2 Å². The van der Waals surface area contributed by atoms with Gasteiger partial charge in [-0.15, -0.1) is 0 Å². The molecule has 1 heterocycles. The molecule has 202 valence electrons. The molecule has 0 aromatic heterocycles. The highest BCUT2D eigenvalue weighted by Crippen LogP contribution is 2.48. The van der Waals surface area contributed by atoms with Crippen LogP contribution in [0.2, 0.25) is 0 Å². The third kappa shape index (κ3) is 5.31. The number of phenolic OH excluding ortho intramolecular Hbond substituents is 1. The lowest BCUT2D eigenvalue weighted by Gasteiger charge is -2.38. The van der Waals surface area contributed by atoms with E-state index >= 15 is 0 Å². The average molecular weight is 522 g/mol. The molecule has 1 aliphatic carbocycles. The second-order valence-electron chi connectivity index (χ2n) is 10.5. The van der Waals surface area contributed by atoms with Crippen LogP contribution >= 0.6 is 0 Å². The van der Waals surface area contributed by atoms with Gasteiger partial charge in [0.1, 0.15) is 0 Å². The number of carbonyl (C=O) groups is 2. The molecule has 0 saturated carbocycles. The minimum atomic E-state index is -0.898. The summed E-state index contributed by atoms with van der Waals surface area (Å²) in [5.74, 6) is -3.58. The fourth-order valence-corrected chi connectivity index (χ4v) is 5.95. The molecule has 0 bridgehead atoms. The van der Waals surface area contributed by atoms with Gasteiger partial charge in [0.15, 0.2) is 11.6 Å². The molecule has 2 aliphatic rings. The molecule has 1 fully saturated rings. The standard InChI is InChI=1S/C31H36FNO5/c1-4-19(14-20-11-12-26(35)25(32)15-20)10-13-27(36)28-22(18(2)3)16-23-29(24(28)17-34)31(38)33(30(23)37)21-8-6-5-7-9-21/h5-9,11-12,14-15,18,23-24,27,29,34-36H,4,10,13,16-17H2,1-3H3/b19-14+/t23-,24+,27-,29-/m1/s1. The monoisotopic (exact) mass is 521 g/mol. The quantitative estimate of drug-likeness (QED) is 0.310. The van der Waals surface area contributed by atoms with E-state index in [1.807, 2.05) is 32.9 Å². The van der Waals surface area contributed by atoms with Crippen LogP contribution in [0, 0.1) is 29.5 Å². The number of nitrogens with zero attached hydrogens (tertiary/aromatic N) is 1. The summed E-state index contributed by atoms with van der Waals surface area (Å²) in [4.78, 5) is 28.2. The van der Waals surface area contributed by atoms with E-state index in [1.54, 1.807) is 30.3 Å². The number of amides is 2. The number of rotatable bonds is 9. The largest absolute Gasteiger partial charge is 0.505 e. The Bertz CT molecular complexity index is 1250. The zero-order valence-corrected chi connectivity index (χ0v) is 22.1. The number of aromatic hydroxyl groups is 1. The van der Waals surface area contributed by atoms with Crippen molar-refractivity contribution in [3.63, 3.8) is 0 Å².